The molecular weight excluding hydrogens is 321 g/mol. The monoisotopic (exact) mass is 335 g/mol. The van der Waals surface area contributed by atoms with Crippen LogP contribution in [0.4, 0.5) is 4.39 Å². The van der Waals surface area contributed by atoms with Crippen molar-refractivity contribution in [2.75, 3.05) is 6.61 Å². The number of fused-ring (bicyclic) bond motifs is 1. The zero-order valence-corrected chi connectivity index (χ0v) is 12.7. The van der Waals surface area contributed by atoms with Crippen molar-refractivity contribution >= 4 is 15.9 Å². The Morgan fingerprint density at radius 1 is 1.25 bits per heavy atom. The van der Waals surface area contributed by atoms with E-state index in [9.17, 15) is 4.39 Å². The summed E-state index contributed by atoms with van der Waals surface area (Å²) in [6.07, 6.45) is 0.886. The van der Waals surface area contributed by atoms with Gasteiger partial charge in [0.25, 0.3) is 0 Å². The second-order valence-corrected chi connectivity index (χ2v) is 5.98. The predicted molar refractivity (Wildman–Crippen MR) is 80.5 cm³/mol. The summed E-state index contributed by atoms with van der Waals surface area (Å²) in [5.74, 6) is 0.581. The summed E-state index contributed by atoms with van der Waals surface area (Å²) in [6, 6.07) is 8.32. The van der Waals surface area contributed by atoms with Crippen LogP contribution in [0.3, 0.4) is 0 Å². The minimum absolute atomic E-state index is 0.270. The highest BCUT2D eigenvalue weighted by atomic mass is 79.9. The van der Waals surface area contributed by atoms with Crippen LogP contribution >= 0.6 is 15.9 Å². The van der Waals surface area contributed by atoms with E-state index in [0.717, 1.165) is 38.9 Å². The Balaban J connectivity index is 2.11. The van der Waals surface area contributed by atoms with E-state index < -0.39 is 6.04 Å². The van der Waals surface area contributed by atoms with Crippen molar-refractivity contribution in [3.63, 3.8) is 0 Å². The third-order valence-electron chi connectivity index (χ3n) is 3.69. The predicted octanol–water partition coefficient (Wildman–Crippen LogP) is 3.88. The average molecular weight is 336 g/mol. The Morgan fingerprint density at radius 3 is 2.85 bits per heavy atom. The van der Waals surface area contributed by atoms with Crippen LogP contribution < -0.4 is 10.5 Å². The lowest BCUT2D eigenvalue weighted by molar-refractivity contribution is 0.352. The van der Waals surface area contributed by atoms with Crippen molar-refractivity contribution < 1.29 is 9.13 Å². The van der Waals surface area contributed by atoms with Crippen LogP contribution in [-0.2, 0) is 6.42 Å². The van der Waals surface area contributed by atoms with E-state index in [0.29, 0.717) is 6.61 Å². The molecule has 0 aromatic heterocycles. The van der Waals surface area contributed by atoms with Crippen LogP contribution in [0.25, 0.3) is 0 Å². The highest BCUT2D eigenvalue weighted by Gasteiger charge is 2.23. The zero-order valence-electron chi connectivity index (χ0n) is 11.1. The standard InChI is InChI=1S/C16H15BrFNO/c1-9-2-3-12(18)8-13(9)15(19)14-7-11(17)6-10-4-5-20-16(10)14/h2-3,6-8,15H,4-5,19H2,1H3. The fraction of sp³-hybridized carbons (Fsp3) is 0.250. The van der Waals surface area contributed by atoms with Crippen LogP contribution in [0.15, 0.2) is 34.8 Å². The highest BCUT2D eigenvalue weighted by Crippen LogP contribution is 2.38. The summed E-state index contributed by atoms with van der Waals surface area (Å²) >= 11 is 3.50. The number of benzene rings is 2. The lowest BCUT2D eigenvalue weighted by atomic mass is 9.93. The lowest BCUT2D eigenvalue weighted by Crippen LogP contribution is -2.14. The maximum atomic E-state index is 13.5. The minimum Gasteiger partial charge on any atom is -0.493 e. The third-order valence-corrected chi connectivity index (χ3v) is 4.15. The van der Waals surface area contributed by atoms with Gasteiger partial charge in [0.15, 0.2) is 0 Å². The van der Waals surface area contributed by atoms with Crippen molar-refractivity contribution in [1.29, 1.82) is 0 Å². The molecule has 1 unspecified atom stereocenters. The number of aryl methyl sites for hydroxylation is 1. The lowest BCUT2D eigenvalue weighted by Gasteiger charge is -2.18. The summed E-state index contributed by atoms with van der Waals surface area (Å²) in [6.45, 7) is 2.61. The van der Waals surface area contributed by atoms with E-state index >= 15 is 0 Å². The molecule has 1 atom stereocenters. The smallest absolute Gasteiger partial charge is 0.127 e. The van der Waals surface area contributed by atoms with Gasteiger partial charge in [-0.15, -0.1) is 0 Å². The molecule has 2 aromatic carbocycles. The first-order valence-corrected chi connectivity index (χ1v) is 7.32. The molecule has 1 aliphatic heterocycles. The van der Waals surface area contributed by atoms with Crippen LogP contribution in [0, 0.1) is 12.7 Å². The van der Waals surface area contributed by atoms with E-state index in [1.54, 1.807) is 6.07 Å². The average Bonchev–Trinajstić information content (AvgIpc) is 2.87. The van der Waals surface area contributed by atoms with Crippen molar-refractivity contribution in [1.82, 2.24) is 0 Å². The van der Waals surface area contributed by atoms with Gasteiger partial charge in [0.1, 0.15) is 11.6 Å². The molecule has 2 nitrogen and oxygen atoms in total. The Kier molecular flexibility index (Phi) is 3.52. The largest absolute Gasteiger partial charge is 0.493 e. The van der Waals surface area contributed by atoms with Crippen LogP contribution in [-0.4, -0.2) is 6.61 Å². The quantitative estimate of drug-likeness (QED) is 0.903. The molecule has 0 spiro atoms. The zero-order chi connectivity index (χ0) is 14.3. The number of halogens is 2. The molecular formula is C16H15BrFNO. The molecule has 0 fully saturated rings. The van der Waals surface area contributed by atoms with Gasteiger partial charge in [0, 0.05) is 16.5 Å². The van der Waals surface area contributed by atoms with E-state index in [2.05, 4.69) is 22.0 Å². The minimum atomic E-state index is -0.393. The Labute approximate surface area is 125 Å². The van der Waals surface area contributed by atoms with Crippen LogP contribution in [0.1, 0.15) is 28.3 Å². The number of hydrogen-bond donors (Lipinski definition) is 1. The highest BCUT2D eigenvalue weighted by molar-refractivity contribution is 9.10. The van der Waals surface area contributed by atoms with E-state index in [4.69, 9.17) is 10.5 Å². The first-order chi connectivity index (χ1) is 9.56. The molecule has 0 saturated heterocycles. The van der Waals surface area contributed by atoms with Crippen molar-refractivity contribution in [2.24, 2.45) is 5.73 Å². The SMILES string of the molecule is Cc1ccc(F)cc1C(N)c1cc(Br)cc2c1OCC2. The van der Waals surface area contributed by atoms with Gasteiger partial charge >= 0.3 is 0 Å². The molecule has 104 valence electrons. The van der Waals surface area contributed by atoms with E-state index in [1.807, 2.05) is 13.0 Å². The van der Waals surface area contributed by atoms with Gasteiger partial charge in [-0.25, -0.2) is 4.39 Å². The van der Waals surface area contributed by atoms with Crippen LogP contribution in [0.2, 0.25) is 0 Å². The molecule has 1 aliphatic rings. The topological polar surface area (TPSA) is 35.2 Å². The summed E-state index contributed by atoms with van der Waals surface area (Å²) in [5.41, 5.74) is 10.2. The number of rotatable bonds is 2. The second kappa shape index (κ2) is 5.19. The summed E-state index contributed by atoms with van der Waals surface area (Å²) in [5, 5.41) is 0. The molecule has 20 heavy (non-hydrogen) atoms. The molecule has 0 amide bonds. The summed E-state index contributed by atoms with van der Waals surface area (Å²) in [4.78, 5) is 0. The maximum Gasteiger partial charge on any atom is 0.127 e. The molecule has 4 heteroatoms. The summed E-state index contributed by atoms with van der Waals surface area (Å²) in [7, 11) is 0. The molecule has 3 rings (SSSR count). The number of hydrogen-bond acceptors (Lipinski definition) is 2. The number of ether oxygens (including phenoxy) is 1. The summed E-state index contributed by atoms with van der Waals surface area (Å²) < 4.78 is 20.2. The van der Waals surface area contributed by atoms with Crippen molar-refractivity contribution in [2.45, 2.75) is 19.4 Å². The fourth-order valence-corrected chi connectivity index (χ4v) is 3.17. The Hall–Kier alpha value is -1.39. The van der Waals surface area contributed by atoms with Crippen LogP contribution in [0.5, 0.6) is 5.75 Å². The van der Waals surface area contributed by atoms with Gasteiger partial charge in [0.05, 0.1) is 12.6 Å². The molecule has 2 aromatic rings. The molecule has 1 heterocycles. The normalized spacial score (nSPS) is 14.8. The maximum absolute atomic E-state index is 13.5. The van der Waals surface area contributed by atoms with E-state index in [-0.39, 0.29) is 5.82 Å². The molecule has 0 radical (unpaired) electrons. The van der Waals surface area contributed by atoms with Gasteiger partial charge < -0.3 is 10.5 Å². The molecule has 0 bridgehead atoms. The first-order valence-electron chi connectivity index (χ1n) is 6.53. The van der Waals surface area contributed by atoms with Gasteiger partial charge in [-0.2, -0.15) is 0 Å². The molecule has 2 N–H and O–H groups in total. The van der Waals surface area contributed by atoms with Gasteiger partial charge in [-0.3, -0.25) is 0 Å². The Bertz CT molecular complexity index is 672. The molecule has 0 saturated carbocycles. The second-order valence-electron chi connectivity index (χ2n) is 5.06. The van der Waals surface area contributed by atoms with E-state index in [1.165, 1.54) is 12.1 Å². The number of nitrogens with two attached hydrogens (primary N) is 1. The fourth-order valence-electron chi connectivity index (χ4n) is 2.64. The third kappa shape index (κ3) is 2.34. The molecule has 0 aliphatic carbocycles. The van der Waals surface area contributed by atoms with Gasteiger partial charge in [0.2, 0.25) is 0 Å². The van der Waals surface area contributed by atoms with Crippen molar-refractivity contribution in [3.05, 3.63) is 62.9 Å². The first kappa shape index (κ1) is 13.6. The van der Waals surface area contributed by atoms with Gasteiger partial charge in [-0.05, 0) is 47.9 Å². The van der Waals surface area contributed by atoms with Gasteiger partial charge in [-0.1, -0.05) is 22.0 Å². The Morgan fingerprint density at radius 2 is 2.05 bits per heavy atom. The van der Waals surface area contributed by atoms with Crippen molar-refractivity contribution in [3.8, 4) is 5.75 Å².